The lowest BCUT2D eigenvalue weighted by molar-refractivity contribution is -0.405. The van der Waals surface area contributed by atoms with Crippen LogP contribution in [0.2, 0.25) is 5.15 Å². The predicted molar refractivity (Wildman–Crippen MR) is 105 cm³/mol. The first-order valence-corrected chi connectivity index (χ1v) is 9.43. The molecule has 0 radical (unpaired) electrons. The van der Waals surface area contributed by atoms with Crippen molar-refractivity contribution in [1.82, 2.24) is 14.8 Å². The van der Waals surface area contributed by atoms with Crippen molar-refractivity contribution in [3.8, 4) is 0 Å². The van der Waals surface area contributed by atoms with E-state index in [2.05, 4.69) is 4.98 Å². The summed E-state index contributed by atoms with van der Waals surface area (Å²) in [5.41, 5.74) is 0.747. The number of amides is 1. The van der Waals surface area contributed by atoms with E-state index in [0.29, 0.717) is 24.3 Å². The summed E-state index contributed by atoms with van der Waals surface area (Å²) in [5.74, 6) is -0.469. The number of esters is 1. The van der Waals surface area contributed by atoms with Crippen LogP contribution in [0.3, 0.4) is 0 Å². The second-order valence-corrected chi connectivity index (χ2v) is 6.37. The maximum Gasteiger partial charge on any atom is 0.418 e. The molecule has 29 heavy (non-hydrogen) atoms. The van der Waals surface area contributed by atoms with E-state index < -0.39 is 23.8 Å². The molecule has 0 aromatic carbocycles. The van der Waals surface area contributed by atoms with E-state index >= 15 is 0 Å². The van der Waals surface area contributed by atoms with Crippen molar-refractivity contribution < 1.29 is 24.0 Å². The van der Waals surface area contributed by atoms with Crippen LogP contribution < -0.4 is 0 Å². The Balaban J connectivity index is 2.81. The van der Waals surface area contributed by atoms with Crippen LogP contribution in [-0.4, -0.2) is 52.2 Å². The Morgan fingerprint density at radius 3 is 2.59 bits per heavy atom. The number of hydrogen-bond acceptors (Lipinski definition) is 8. The first-order valence-electron chi connectivity index (χ1n) is 9.05. The van der Waals surface area contributed by atoms with Crippen LogP contribution in [-0.2, 0) is 20.8 Å². The lowest BCUT2D eigenvalue weighted by Gasteiger charge is -2.29. The van der Waals surface area contributed by atoms with E-state index in [0.717, 1.165) is 16.9 Å². The minimum Gasteiger partial charge on any atom is -0.428 e. The van der Waals surface area contributed by atoms with Gasteiger partial charge in [0, 0.05) is 32.8 Å². The number of rotatable bonds is 11. The zero-order chi connectivity index (χ0) is 21.8. The third kappa shape index (κ3) is 8.77. The monoisotopic (exact) mass is 428 g/mol. The van der Waals surface area contributed by atoms with Gasteiger partial charge in [-0.1, -0.05) is 31.0 Å². The average molecular weight is 429 g/mol. The Hall–Kier alpha value is -2.88. The fraction of sp³-hybridized carbons (Fsp3) is 0.500. The fourth-order valence-corrected chi connectivity index (χ4v) is 2.39. The smallest absolute Gasteiger partial charge is 0.418 e. The highest BCUT2D eigenvalue weighted by Gasteiger charge is 2.23. The lowest BCUT2D eigenvalue weighted by Crippen LogP contribution is -2.37. The molecule has 0 saturated carbocycles. The first kappa shape index (κ1) is 24.2. The number of carbonyl (C=O) groups excluding carboxylic acids is 2. The molecule has 0 bridgehead atoms. The van der Waals surface area contributed by atoms with Crippen LogP contribution in [0, 0.1) is 10.1 Å². The van der Waals surface area contributed by atoms with Gasteiger partial charge in [0.1, 0.15) is 5.15 Å². The third-order valence-corrected chi connectivity index (χ3v) is 4.07. The maximum absolute atomic E-state index is 12.3. The Bertz CT molecular complexity index is 726. The minimum absolute atomic E-state index is 0.00904. The highest BCUT2D eigenvalue weighted by Crippen LogP contribution is 2.16. The molecule has 0 saturated heterocycles. The highest BCUT2D eigenvalue weighted by atomic mass is 35.5. The highest BCUT2D eigenvalue weighted by molar-refractivity contribution is 6.29. The number of hydrogen-bond donors (Lipinski definition) is 0. The molecule has 11 heteroatoms. The van der Waals surface area contributed by atoms with Gasteiger partial charge in [0.25, 0.3) is 6.20 Å². The molecule has 0 aliphatic heterocycles. The number of pyridine rings is 1. The summed E-state index contributed by atoms with van der Waals surface area (Å²) in [7, 11) is 1.33. The number of nitrogens with zero attached hydrogens (tertiary/aromatic N) is 4. The number of aromatic nitrogens is 1. The van der Waals surface area contributed by atoms with Crippen molar-refractivity contribution in [3.05, 3.63) is 51.2 Å². The normalized spacial score (nSPS) is 11.0. The summed E-state index contributed by atoms with van der Waals surface area (Å²) in [4.78, 5) is 40.7. The van der Waals surface area contributed by atoms with E-state index in [1.165, 1.54) is 7.05 Å². The van der Waals surface area contributed by atoms with Gasteiger partial charge < -0.3 is 14.4 Å². The molecule has 0 N–H and O–H groups in total. The fourth-order valence-electron chi connectivity index (χ4n) is 2.28. The molecule has 160 valence electrons. The van der Waals surface area contributed by atoms with Crippen molar-refractivity contribution in [1.29, 1.82) is 0 Å². The van der Waals surface area contributed by atoms with Crippen LogP contribution in [0.25, 0.3) is 0 Å². The molecule has 0 aliphatic carbocycles. The van der Waals surface area contributed by atoms with Crippen LogP contribution in [0.15, 0.2) is 30.4 Å². The van der Waals surface area contributed by atoms with Crippen molar-refractivity contribution >= 4 is 23.7 Å². The molecule has 1 aromatic rings. The van der Waals surface area contributed by atoms with Gasteiger partial charge in [-0.25, -0.2) is 9.78 Å². The first-order chi connectivity index (χ1) is 13.8. The van der Waals surface area contributed by atoms with Gasteiger partial charge in [0.15, 0.2) is 5.82 Å². The lowest BCUT2D eigenvalue weighted by atomic mass is 10.2. The van der Waals surface area contributed by atoms with Gasteiger partial charge in [-0.2, -0.15) is 0 Å². The Morgan fingerprint density at radius 2 is 2.03 bits per heavy atom. The average Bonchev–Trinajstić information content (AvgIpc) is 2.69. The third-order valence-electron chi connectivity index (χ3n) is 3.84. The van der Waals surface area contributed by atoms with Crippen LogP contribution in [0.1, 0.15) is 38.7 Å². The quantitative estimate of drug-likeness (QED) is 0.173. The van der Waals surface area contributed by atoms with Crippen molar-refractivity contribution in [3.63, 3.8) is 0 Å². The number of halogens is 1. The summed E-state index contributed by atoms with van der Waals surface area (Å²) in [5, 5.41) is 11.4. The van der Waals surface area contributed by atoms with Gasteiger partial charge >= 0.3 is 12.1 Å². The standard InChI is InChI=1S/C18H25ClN4O6/c1-4-6-7-17(24)28-13-29-18(25)21(3)16(12-23(26)27)22(5-2)11-14-8-9-15(19)20-10-14/h8-10,12H,4-7,11,13H2,1-3H3/b16-12-. The summed E-state index contributed by atoms with van der Waals surface area (Å²) < 4.78 is 9.72. The van der Waals surface area contributed by atoms with E-state index in [-0.39, 0.29) is 18.8 Å². The molecule has 10 nitrogen and oxygen atoms in total. The van der Waals surface area contributed by atoms with E-state index in [1.807, 2.05) is 6.92 Å². The second kappa shape index (κ2) is 12.6. The van der Waals surface area contributed by atoms with Crippen LogP contribution >= 0.6 is 11.6 Å². The molecular weight excluding hydrogens is 404 g/mol. The molecular formula is C18H25ClN4O6. The maximum atomic E-state index is 12.3. The number of nitro groups is 1. The molecule has 0 fully saturated rings. The number of carbonyl (C=O) groups is 2. The molecule has 1 heterocycles. The summed E-state index contributed by atoms with van der Waals surface area (Å²) in [6.07, 6.45) is 3.10. The predicted octanol–water partition coefficient (Wildman–Crippen LogP) is 3.39. The van der Waals surface area contributed by atoms with E-state index in [4.69, 9.17) is 21.1 Å². The SMILES string of the molecule is CCCCC(=O)OCOC(=O)N(C)/C(=C/[N+](=O)[O-])N(CC)Cc1ccc(Cl)nc1. The Labute approximate surface area is 174 Å². The Kier molecular flexibility index (Phi) is 10.5. The molecule has 1 rings (SSSR count). The van der Waals surface area contributed by atoms with Gasteiger partial charge in [0.2, 0.25) is 6.79 Å². The van der Waals surface area contributed by atoms with Gasteiger partial charge in [-0.15, -0.1) is 0 Å². The van der Waals surface area contributed by atoms with Crippen molar-refractivity contribution in [2.75, 3.05) is 20.4 Å². The minimum atomic E-state index is -0.894. The zero-order valence-corrected chi connectivity index (χ0v) is 17.4. The molecule has 0 unspecified atom stereocenters. The van der Waals surface area contributed by atoms with E-state index in [1.54, 1.807) is 30.2 Å². The summed E-state index contributed by atoms with van der Waals surface area (Å²) >= 11 is 5.77. The topological polar surface area (TPSA) is 115 Å². The van der Waals surface area contributed by atoms with Crippen molar-refractivity contribution in [2.45, 2.75) is 39.7 Å². The van der Waals surface area contributed by atoms with Gasteiger partial charge in [-0.3, -0.25) is 19.8 Å². The van der Waals surface area contributed by atoms with Crippen LogP contribution in [0.5, 0.6) is 0 Å². The molecule has 0 spiro atoms. The second-order valence-electron chi connectivity index (χ2n) is 5.98. The van der Waals surface area contributed by atoms with Crippen LogP contribution in [0.4, 0.5) is 4.79 Å². The largest absolute Gasteiger partial charge is 0.428 e. The summed E-state index contributed by atoms with van der Waals surface area (Å²) in [6, 6.07) is 3.34. The van der Waals surface area contributed by atoms with E-state index in [9.17, 15) is 19.7 Å². The zero-order valence-electron chi connectivity index (χ0n) is 16.7. The van der Waals surface area contributed by atoms with Gasteiger partial charge in [0.05, 0.1) is 4.92 Å². The molecule has 0 atom stereocenters. The van der Waals surface area contributed by atoms with Gasteiger partial charge in [-0.05, 0) is 25.0 Å². The Morgan fingerprint density at radius 1 is 1.31 bits per heavy atom. The molecule has 1 amide bonds. The number of unbranched alkanes of at least 4 members (excludes halogenated alkanes) is 1. The molecule has 0 aliphatic rings. The van der Waals surface area contributed by atoms with Crippen molar-refractivity contribution in [2.24, 2.45) is 0 Å². The molecule has 1 aromatic heterocycles. The number of ether oxygens (including phenoxy) is 2. The summed E-state index contributed by atoms with van der Waals surface area (Å²) in [6.45, 7) is 3.78.